The van der Waals surface area contributed by atoms with Crippen molar-refractivity contribution in [2.45, 2.75) is 38.5 Å². The van der Waals surface area contributed by atoms with Crippen LogP contribution in [0.3, 0.4) is 0 Å². The van der Waals surface area contributed by atoms with Crippen molar-refractivity contribution in [1.29, 1.82) is 0 Å². The van der Waals surface area contributed by atoms with Crippen molar-refractivity contribution in [1.82, 2.24) is 0 Å². The van der Waals surface area contributed by atoms with Gasteiger partial charge in [-0.05, 0) is 12.0 Å². The fourth-order valence-electron chi connectivity index (χ4n) is 1.74. The van der Waals surface area contributed by atoms with Crippen LogP contribution in [0.25, 0.3) is 0 Å². The zero-order chi connectivity index (χ0) is 10.2. The number of hydrogen-bond donors (Lipinski definition) is 0. The molecule has 0 N–H and O–H groups in total. The summed E-state index contributed by atoms with van der Waals surface area (Å²) in [7, 11) is 0. The first-order valence-corrected chi connectivity index (χ1v) is 5.56. The molecular weight excluding hydrogens is 168 g/mol. The molecule has 1 aromatic carbocycles. The minimum atomic E-state index is 0.544. The van der Waals surface area contributed by atoms with Gasteiger partial charge in [0.05, 0.1) is 0 Å². The zero-order valence-electron chi connectivity index (χ0n) is 9.08. The summed E-state index contributed by atoms with van der Waals surface area (Å²) in [6.07, 6.45) is 7.24. The largest absolute Gasteiger partial charge is 0.102 e. The van der Waals surface area contributed by atoms with Gasteiger partial charge in [-0.15, -0.1) is 6.58 Å². The van der Waals surface area contributed by atoms with Gasteiger partial charge >= 0.3 is 0 Å². The van der Waals surface area contributed by atoms with Crippen LogP contribution in [0.15, 0.2) is 43.0 Å². The number of rotatable bonds is 6. The van der Waals surface area contributed by atoms with Gasteiger partial charge in [-0.2, -0.15) is 0 Å². The minimum Gasteiger partial charge on any atom is -0.102 e. The van der Waals surface area contributed by atoms with E-state index >= 15 is 0 Å². The van der Waals surface area contributed by atoms with E-state index in [9.17, 15) is 0 Å². The first-order valence-electron chi connectivity index (χ1n) is 5.56. The second kappa shape index (κ2) is 6.42. The third-order valence-corrected chi connectivity index (χ3v) is 2.63. The lowest BCUT2D eigenvalue weighted by Gasteiger charge is -2.12. The molecule has 0 nitrogen and oxygen atoms in total. The minimum absolute atomic E-state index is 0.544. The van der Waals surface area contributed by atoms with Gasteiger partial charge in [0.1, 0.15) is 0 Å². The highest BCUT2D eigenvalue weighted by atomic mass is 14.1. The molecule has 0 radical (unpaired) electrons. The molecule has 0 saturated carbocycles. The molecule has 0 fully saturated rings. The second-order valence-corrected chi connectivity index (χ2v) is 3.75. The van der Waals surface area contributed by atoms with E-state index < -0.39 is 0 Å². The highest BCUT2D eigenvalue weighted by Gasteiger charge is 2.05. The van der Waals surface area contributed by atoms with E-state index in [4.69, 9.17) is 0 Å². The third-order valence-electron chi connectivity index (χ3n) is 2.63. The van der Waals surface area contributed by atoms with Crippen molar-refractivity contribution < 1.29 is 0 Å². The van der Waals surface area contributed by atoms with E-state index in [1.165, 1.54) is 31.2 Å². The van der Waals surface area contributed by atoms with Crippen LogP contribution >= 0.6 is 0 Å². The zero-order valence-corrected chi connectivity index (χ0v) is 9.08. The van der Waals surface area contributed by atoms with Gasteiger partial charge in [0.2, 0.25) is 0 Å². The molecule has 0 aliphatic heterocycles. The Labute approximate surface area is 87.7 Å². The Bertz CT molecular complexity index is 248. The van der Waals surface area contributed by atoms with Crippen LogP contribution in [0, 0.1) is 0 Å². The Hall–Kier alpha value is -1.04. The number of hydrogen-bond acceptors (Lipinski definition) is 0. The van der Waals surface area contributed by atoms with E-state index in [0.717, 1.165) is 0 Å². The van der Waals surface area contributed by atoms with Crippen LogP contribution in [0.2, 0.25) is 0 Å². The molecule has 0 amide bonds. The summed E-state index contributed by atoms with van der Waals surface area (Å²) in [5, 5.41) is 0. The molecule has 14 heavy (non-hydrogen) atoms. The Morgan fingerprint density at radius 3 is 2.50 bits per heavy atom. The molecule has 0 unspecified atom stereocenters. The molecule has 76 valence electrons. The quantitative estimate of drug-likeness (QED) is 0.454. The Balaban J connectivity index is 2.50. The molecule has 1 rings (SSSR count). The Morgan fingerprint density at radius 2 is 1.93 bits per heavy atom. The van der Waals surface area contributed by atoms with Crippen LogP contribution in [0.1, 0.15) is 44.1 Å². The van der Waals surface area contributed by atoms with Crippen molar-refractivity contribution in [2.75, 3.05) is 0 Å². The Morgan fingerprint density at radius 1 is 1.21 bits per heavy atom. The van der Waals surface area contributed by atoms with Gasteiger partial charge in [0.15, 0.2) is 0 Å². The van der Waals surface area contributed by atoms with E-state index in [-0.39, 0.29) is 0 Å². The van der Waals surface area contributed by atoms with Crippen LogP contribution in [-0.2, 0) is 0 Å². The summed E-state index contributed by atoms with van der Waals surface area (Å²) in [4.78, 5) is 0. The molecule has 0 aliphatic rings. The van der Waals surface area contributed by atoms with Crippen molar-refractivity contribution in [3.8, 4) is 0 Å². The monoisotopic (exact) mass is 188 g/mol. The van der Waals surface area contributed by atoms with Gasteiger partial charge in [-0.1, -0.05) is 62.6 Å². The SMILES string of the molecule is C=C[C@@H](CCCCC)c1ccccc1. The van der Waals surface area contributed by atoms with Crippen LogP contribution < -0.4 is 0 Å². The summed E-state index contributed by atoms with van der Waals surface area (Å²) in [6, 6.07) is 10.7. The predicted octanol–water partition coefficient (Wildman–Crippen LogP) is 4.54. The molecule has 0 aromatic heterocycles. The number of allylic oxidation sites excluding steroid dienone is 1. The Kier molecular flexibility index (Phi) is 5.06. The average Bonchev–Trinajstić information content (AvgIpc) is 2.26. The molecular formula is C14H20. The molecule has 0 bridgehead atoms. The summed E-state index contributed by atoms with van der Waals surface area (Å²) in [5.41, 5.74) is 1.40. The van der Waals surface area contributed by atoms with Crippen molar-refractivity contribution >= 4 is 0 Å². The molecule has 0 saturated heterocycles. The lowest BCUT2D eigenvalue weighted by Crippen LogP contribution is -1.94. The van der Waals surface area contributed by atoms with Crippen LogP contribution in [-0.4, -0.2) is 0 Å². The summed E-state index contributed by atoms with van der Waals surface area (Å²) >= 11 is 0. The summed E-state index contributed by atoms with van der Waals surface area (Å²) < 4.78 is 0. The topological polar surface area (TPSA) is 0 Å². The standard InChI is InChI=1S/C14H20/c1-3-5-7-10-13(4-2)14-11-8-6-9-12-14/h4,6,8-9,11-13H,2-3,5,7,10H2,1H3/t13-/m0/s1. The lowest BCUT2D eigenvalue weighted by molar-refractivity contribution is 0.629. The highest BCUT2D eigenvalue weighted by Crippen LogP contribution is 2.22. The normalized spacial score (nSPS) is 12.4. The van der Waals surface area contributed by atoms with Crippen LogP contribution in [0.4, 0.5) is 0 Å². The molecule has 0 spiro atoms. The smallest absolute Gasteiger partial charge is 0.00152 e. The maximum atomic E-state index is 3.92. The van der Waals surface area contributed by atoms with Crippen molar-refractivity contribution in [2.24, 2.45) is 0 Å². The van der Waals surface area contributed by atoms with Gasteiger partial charge < -0.3 is 0 Å². The number of unbranched alkanes of at least 4 members (excludes halogenated alkanes) is 2. The van der Waals surface area contributed by atoms with Crippen LogP contribution in [0.5, 0.6) is 0 Å². The maximum absolute atomic E-state index is 3.92. The molecule has 0 aliphatic carbocycles. The molecule has 1 atom stereocenters. The highest BCUT2D eigenvalue weighted by molar-refractivity contribution is 5.22. The summed E-state index contributed by atoms with van der Waals surface area (Å²) in [6.45, 7) is 6.16. The average molecular weight is 188 g/mol. The fraction of sp³-hybridized carbons (Fsp3) is 0.429. The van der Waals surface area contributed by atoms with Gasteiger partial charge in [-0.3, -0.25) is 0 Å². The van der Waals surface area contributed by atoms with Gasteiger partial charge in [0.25, 0.3) is 0 Å². The van der Waals surface area contributed by atoms with E-state index in [2.05, 4.69) is 49.9 Å². The maximum Gasteiger partial charge on any atom is 0.00152 e. The second-order valence-electron chi connectivity index (χ2n) is 3.75. The molecule has 1 aromatic rings. The fourth-order valence-corrected chi connectivity index (χ4v) is 1.74. The van der Waals surface area contributed by atoms with Gasteiger partial charge in [0, 0.05) is 5.92 Å². The predicted molar refractivity (Wildman–Crippen MR) is 63.5 cm³/mol. The van der Waals surface area contributed by atoms with E-state index in [0.29, 0.717) is 5.92 Å². The van der Waals surface area contributed by atoms with Gasteiger partial charge in [-0.25, -0.2) is 0 Å². The first kappa shape index (κ1) is 11.0. The molecule has 0 heterocycles. The van der Waals surface area contributed by atoms with E-state index in [1.54, 1.807) is 0 Å². The summed E-state index contributed by atoms with van der Waals surface area (Å²) in [5.74, 6) is 0.544. The first-order chi connectivity index (χ1) is 6.88. The molecule has 0 heteroatoms. The van der Waals surface area contributed by atoms with E-state index in [1.807, 2.05) is 0 Å². The number of benzene rings is 1. The van der Waals surface area contributed by atoms with Crippen molar-refractivity contribution in [3.05, 3.63) is 48.6 Å². The lowest BCUT2D eigenvalue weighted by atomic mass is 9.93. The van der Waals surface area contributed by atoms with Crippen molar-refractivity contribution in [3.63, 3.8) is 0 Å². The third kappa shape index (κ3) is 3.37.